The molecule has 0 amide bonds. The van der Waals surface area contributed by atoms with Gasteiger partial charge in [0.25, 0.3) is 5.69 Å². The van der Waals surface area contributed by atoms with Gasteiger partial charge in [-0.15, -0.1) is 0 Å². The Bertz CT molecular complexity index is 680. The number of carbonyl (C=O) groups excluding carboxylic acids is 1. The van der Waals surface area contributed by atoms with Crippen molar-refractivity contribution >= 4 is 22.2 Å². The minimum Gasteiger partial charge on any atom is -0.299 e. The van der Waals surface area contributed by atoms with Crippen LogP contribution in [0.15, 0.2) is 30.6 Å². The summed E-state index contributed by atoms with van der Waals surface area (Å²) in [7, 11) is 0. The van der Waals surface area contributed by atoms with Gasteiger partial charge in [0.1, 0.15) is 5.78 Å². The lowest BCUT2D eigenvalue weighted by molar-refractivity contribution is -0.383. The predicted octanol–water partition coefficient (Wildman–Crippen LogP) is 3.47. The minimum absolute atomic E-state index is 0.0166. The summed E-state index contributed by atoms with van der Waals surface area (Å²) in [6.07, 6.45) is 3.07. The van der Waals surface area contributed by atoms with E-state index in [-0.39, 0.29) is 23.3 Å². The molecule has 104 valence electrons. The number of aromatic nitrogens is 1. The summed E-state index contributed by atoms with van der Waals surface area (Å²) in [5.41, 5.74) is 0.846. The van der Waals surface area contributed by atoms with Gasteiger partial charge in [-0.3, -0.25) is 19.9 Å². The average Bonchev–Trinajstić information content (AvgIpc) is 2.37. The Balaban J connectivity index is 2.76. The lowest BCUT2D eigenvalue weighted by Gasteiger charge is -2.20. The SMILES string of the molecule is CC(=O)C(c1ccc([N+](=O)[O-])c2cnccc12)C(C)C. The van der Waals surface area contributed by atoms with Crippen LogP contribution in [0.4, 0.5) is 5.69 Å². The van der Waals surface area contributed by atoms with Gasteiger partial charge in [-0.2, -0.15) is 0 Å². The van der Waals surface area contributed by atoms with E-state index < -0.39 is 4.92 Å². The fourth-order valence-electron chi connectivity index (χ4n) is 2.68. The zero-order valence-corrected chi connectivity index (χ0v) is 11.7. The molecule has 1 aromatic carbocycles. The Morgan fingerprint density at radius 1 is 1.25 bits per heavy atom. The van der Waals surface area contributed by atoms with Gasteiger partial charge in [-0.1, -0.05) is 19.9 Å². The summed E-state index contributed by atoms with van der Waals surface area (Å²) in [6, 6.07) is 4.88. The van der Waals surface area contributed by atoms with Gasteiger partial charge < -0.3 is 0 Å². The quantitative estimate of drug-likeness (QED) is 0.631. The molecule has 0 bridgehead atoms. The molecule has 0 N–H and O–H groups in total. The number of hydrogen-bond acceptors (Lipinski definition) is 4. The Morgan fingerprint density at radius 2 is 1.95 bits per heavy atom. The van der Waals surface area contributed by atoms with Crippen molar-refractivity contribution in [3.63, 3.8) is 0 Å². The molecule has 0 saturated heterocycles. The number of nitrogens with zero attached hydrogens (tertiary/aromatic N) is 2. The van der Waals surface area contributed by atoms with Crippen molar-refractivity contribution in [1.29, 1.82) is 0 Å². The van der Waals surface area contributed by atoms with Crippen LogP contribution in [0, 0.1) is 16.0 Å². The van der Waals surface area contributed by atoms with Crippen LogP contribution in [0.3, 0.4) is 0 Å². The normalized spacial score (nSPS) is 12.6. The molecule has 1 aromatic heterocycles. The van der Waals surface area contributed by atoms with Gasteiger partial charge in [-0.25, -0.2) is 0 Å². The summed E-state index contributed by atoms with van der Waals surface area (Å²) in [4.78, 5) is 26.5. The fraction of sp³-hybridized carbons (Fsp3) is 0.333. The molecule has 2 rings (SSSR count). The molecule has 1 heterocycles. The van der Waals surface area contributed by atoms with E-state index >= 15 is 0 Å². The second kappa shape index (κ2) is 5.36. The molecule has 5 nitrogen and oxygen atoms in total. The second-order valence-corrected chi connectivity index (χ2v) is 5.18. The Kier molecular flexibility index (Phi) is 3.79. The van der Waals surface area contributed by atoms with Gasteiger partial charge in [0.15, 0.2) is 0 Å². The third-order valence-corrected chi connectivity index (χ3v) is 3.47. The summed E-state index contributed by atoms with van der Waals surface area (Å²) < 4.78 is 0. The van der Waals surface area contributed by atoms with Crippen LogP contribution >= 0.6 is 0 Å². The van der Waals surface area contributed by atoms with Gasteiger partial charge >= 0.3 is 0 Å². The molecule has 0 saturated carbocycles. The minimum atomic E-state index is -0.425. The number of Topliss-reactive ketones (excluding diaryl/α,β-unsaturated/α-hetero) is 1. The van der Waals surface area contributed by atoms with E-state index in [2.05, 4.69) is 4.98 Å². The standard InChI is InChI=1S/C15H16N2O3/c1-9(2)15(10(3)18)12-4-5-14(17(19)20)13-8-16-7-6-11(12)13/h4-9,15H,1-3H3. The molecular formula is C15H16N2O3. The van der Waals surface area contributed by atoms with E-state index in [9.17, 15) is 14.9 Å². The molecule has 0 aliphatic heterocycles. The topological polar surface area (TPSA) is 73.1 Å². The smallest absolute Gasteiger partial charge is 0.278 e. The third kappa shape index (κ3) is 2.39. The first-order chi connectivity index (χ1) is 9.43. The first-order valence-electron chi connectivity index (χ1n) is 6.45. The van der Waals surface area contributed by atoms with E-state index in [1.54, 1.807) is 25.3 Å². The van der Waals surface area contributed by atoms with Crippen molar-refractivity contribution in [2.45, 2.75) is 26.7 Å². The molecule has 0 fully saturated rings. The number of carbonyl (C=O) groups is 1. The van der Waals surface area contributed by atoms with Crippen molar-refractivity contribution < 1.29 is 9.72 Å². The third-order valence-electron chi connectivity index (χ3n) is 3.47. The van der Waals surface area contributed by atoms with E-state index in [1.165, 1.54) is 12.3 Å². The maximum Gasteiger partial charge on any atom is 0.278 e. The molecule has 2 aromatic rings. The monoisotopic (exact) mass is 272 g/mol. The lowest BCUT2D eigenvalue weighted by Crippen LogP contribution is -2.15. The van der Waals surface area contributed by atoms with Gasteiger partial charge in [0.05, 0.1) is 10.3 Å². The van der Waals surface area contributed by atoms with E-state index in [4.69, 9.17) is 0 Å². The van der Waals surface area contributed by atoms with Crippen molar-refractivity contribution in [1.82, 2.24) is 4.98 Å². The molecule has 0 aliphatic carbocycles. The van der Waals surface area contributed by atoms with Crippen LogP contribution in [-0.2, 0) is 4.79 Å². The van der Waals surface area contributed by atoms with Crippen molar-refractivity contribution in [2.24, 2.45) is 5.92 Å². The first-order valence-corrected chi connectivity index (χ1v) is 6.45. The summed E-state index contributed by atoms with van der Waals surface area (Å²) in [5.74, 6) is -0.0713. The second-order valence-electron chi connectivity index (χ2n) is 5.18. The lowest BCUT2D eigenvalue weighted by atomic mass is 9.83. The summed E-state index contributed by atoms with van der Waals surface area (Å²) >= 11 is 0. The van der Waals surface area contributed by atoms with Crippen LogP contribution in [0.2, 0.25) is 0 Å². The summed E-state index contributed by atoms with van der Waals surface area (Å²) in [6.45, 7) is 5.50. The highest BCUT2D eigenvalue weighted by Crippen LogP contribution is 2.35. The molecular weight excluding hydrogens is 256 g/mol. The van der Waals surface area contributed by atoms with Crippen molar-refractivity contribution in [3.8, 4) is 0 Å². The number of nitro groups is 1. The van der Waals surface area contributed by atoms with Crippen LogP contribution in [-0.4, -0.2) is 15.7 Å². The van der Waals surface area contributed by atoms with E-state index in [1.807, 2.05) is 13.8 Å². The number of nitro benzene ring substituents is 1. The number of rotatable bonds is 4. The maximum atomic E-state index is 11.9. The molecule has 5 heteroatoms. The molecule has 0 spiro atoms. The molecule has 1 unspecified atom stereocenters. The van der Waals surface area contributed by atoms with Crippen LogP contribution in [0.5, 0.6) is 0 Å². The highest BCUT2D eigenvalue weighted by molar-refractivity contribution is 5.97. The number of hydrogen-bond donors (Lipinski definition) is 0. The molecule has 0 aliphatic rings. The first kappa shape index (κ1) is 14.1. The summed E-state index contributed by atoms with van der Waals surface area (Å²) in [5, 5.41) is 12.3. The number of ketones is 1. The molecule has 0 radical (unpaired) electrons. The Hall–Kier alpha value is -2.30. The van der Waals surface area contributed by atoms with E-state index in [0.717, 1.165) is 10.9 Å². The largest absolute Gasteiger partial charge is 0.299 e. The van der Waals surface area contributed by atoms with Crippen molar-refractivity contribution in [3.05, 3.63) is 46.3 Å². The van der Waals surface area contributed by atoms with Gasteiger partial charge in [0.2, 0.25) is 0 Å². The van der Waals surface area contributed by atoms with Crippen LogP contribution < -0.4 is 0 Å². The zero-order chi connectivity index (χ0) is 14.9. The number of non-ortho nitro benzene ring substituents is 1. The predicted molar refractivity (Wildman–Crippen MR) is 76.7 cm³/mol. The Morgan fingerprint density at radius 3 is 2.50 bits per heavy atom. The molecule has 1 atom stereocenters. The van der Waals surface area contributed by atoms with Crippen LogP contribution in [0.25, 0.3) is 10.8 Å². The highest BCUT2D eigenvalue weighted by atomic mass is 16.6. The molecule has 20 heavy (non-hydrogen) atoms. The number of fused-ring (bicyclic) bond motifs is 1. The fourth-order valence-corrected chi connectivity index (χ4v) is 2.68. The van der Waals surface area contributed by atoms with Crippen molar-refractivity contribution in [2.75, 3.05) is 0 Å². The Labute approximate surface area is 116 Å². The average molecular weight is 272 g/mol. The van der Waals surface area contributed by atoms with Gasteiger partial charge in [0, 0.05) is 24.4 Å². The van der Waals surface area contributed by atoms with E-state index in [0.29, 0.717) is 5.39 Å². The van der Waals surface area contributed by atoms with Gasteiger partial charge in [-0.05, 0) is 29.9 Å². The zero-order valence-electron chi connectivity index (χ0n) is 11.7. The number of pyridine rings is 1. The highest BCUT2D eigenvalue weighted by Gasteiger charge is 2.25. The number of benzene rings is 1. The maximum absolute atomic E-state index is 11.9. The van der Waals surface area contributed by atoms with Crippen LogP contribution in [0.1, 0.15) is 32.3 Å².